The van der Waals surface area contributed by atoms with Gasteiger partial charge in [0.2, 0.25) is 5.91 Å². The van der Waals surface area contributed by atoms with Crippen molar-refractivity contribution < 1.29 is 14.4 Å². The maximum Gasteiger partial charge on any atom is 0.324 e. The average molecular weight is 664 g/mol. The van der Waals surface area contributed by atoms with E-state index in [1.807, 2.05) is 75.4 Å². The molecule has 0 radical (unpaired) electrons. The molecule has 1 aliphatic carbocycles. The molecule has 3 fully saturated rings. The predicted octanol–water partition coefficient (Wildman–Crippen LogP) is 7.16. The number of quaternary nitrogens is 1. The highest BCUT2D eigenvalue weighted by atomic mass is 35.5. The van der Waals surface area contributed by atoms with Crippen molar-refractivity contribution in [2.75, 3.05) is 19.6 Å². The first-order chi connectivity index (χ1) is 21.8. The fraction of sp³-hybridized carbons (Fsp3) is 0.615. The number of benzene rings is 2. The molecule has 2 aromatic carbocycles. The highest BCUT2D eigenvalue weighted by Crippen LogP contribution is 2.46. The van der Waals surface area contributed by atoms with Crippen LogP contribution in [-0.4, -0.2) is 70.8 Å². The third-order valence-corrected chi connectivity index (χ3v) is 11.6. The minimum absolute atomic E-state index is 0.00198. The van der Waals surface area contributed by atoms with Crippen LogP contribution in [0.1, 0.15) is 99.0 Å². The Kier molecular flexibility index (Phi) is 9.79. The first-order valence-corrected chi connectivity index (χ1v) is 17.8. The highest BCUT2D eigenvalue weighted by molar-refractivity contribution is 6.30. The van der Waals surface area contributed by atoms with Gasteiger partial charge in [0.15, 0.2) is 6.04 Å². The van der Waals surface area contributed by atoms with Crippen LogP contribution in [0.3, 0.4) is 0 Å². The second-order valence-electron chi connectivity index (χ2n) is 17.2. The molecule has 5 atom stereocenters. The zero-order chi connectivity index (χ0) is 34.5. The summed E-state index contributed by atoms with van der Waals surface area (Å²) in [4.78, 5) is 48.1. The fourth-order valence-electron chi connectivity index (χ4n) is 8.48. The second kappa shape index (κ2) is 12.9. The molecule has 0 bridgehead atoms. The molecule has 0 aromatic heterocycles. The van der Waals surface area contributed by atoms with Crippen molar-refractivity contribution in [3.63, 3.8) is 0 Å². The monoisotopic (exact) mass is 663 g/mol. The minimum Gasteiger partial charge on any atom is -0.364 e. The van der Waals surface area contributed by atoms with Crippen LogP contribution >= 0.6 is 11.6 Å². The Balaban J connectivity index is 1.63. The molecular formula is C39H56ClN4O3+. The summed E-state index contributed by atoms with van der Waals surface area (Å²) in [5, 5.41) is 0.654. The first-order valence-electron chi connectivity index (χ1n) is 17.5. The van der Waals surface area contributed by atoms with Crippen molar-refractivity contribution in [1.29, 1.82) is 0 Å². The van der Waals surface area contributed by atoms with Crippen molar-refractivity contribution in [1.82, 2.24) is 14.3 Å². The Hall–Kier alpha value is -2.74. The van der Waals surface area contributed by atoms with Crippen LogP contribution in [-0.2, 0) is 14.4 Å². The van der Waals surface area contributed by atoms with Gasteiger partial charge in [0, 0.05) is 47.4 Å². The van der Waals surface area contributed by atoms with Gasteiger partial charge in [0.05, 0.1) is 12.0 Å². The summed E-state index contributed by atoms with van der Waals surface area (Å²) in [5.41, 5.74) is 7.60. The molecule has 0 spiro atoms. The molecule has 2 N–H and O–H groups in total. The smallest absolute Gasteiger partial charge is 0.324 e. The van der Waals surface area contributed by atoms with Crippen molar-refractivity contribution in [3.8, 4) is 0 Å². The molecule has 256 valence electrons. The lowest BCUT2D eigenvalue weighted by Gasteiger charge is -2.45. The van der Waals surface area contributed by atoms with Crippen molar-refractivity contribution in [3.05, 3.63) is 65.2 Å². The maximum absolute atomic E-state index is 15.6. The number of carbonyl (C=O) groups excluding carboxylic acids is 3. The van der Waals surface area contributed by atoms with E-state index in [9.17, 15) is 9.59 Å². The maximum atomic E-state index is 15.6. The number of hydrogen-bond donors (Lipinski definition) is 1. The van der Waals surface area contributed by atoms with E-state index in [2.05, 4.69) is 44.4 Å². The van der Waals surface area contributed by atoms with E-state index in [4.69, 9.17) is 17.3 Å². The molecule has 2 aliphatic heterocycles. The number of rotatable bonds is 6. The van der Waals surface area contributed by atoms with Gasteiger partial charge in [-0.15, -0.1) is 0 Å². The Morgan fingerprint density at radius 1 is 0.894 bits per heavy atom. The van der Waals surface area contributed by atoms with E-state index in [0.717, 1.165) is 36.9 Å². The SMILES string of the molecule is CC1(C)CCC(N(C(=O)C(C)(C)C)[C@H]2C[C@@H](C(N)=O)[N+](C(=O)[C@@H]3CN(C(C)(C)C)C[C@H]3c3ccc(Cl)cc3)(c3ccccc3)C2)CC1. The minimum atomic E-state index is -0.792. The highest BCUT2D eigenvalue weighted by Gasteiger charge is 2.62. The van der Waals surface area contributed by atoms with Gasteiger partial charge in [0.25, 0.3) is 5.91 Å². The van der Waals surface area contributed by atoms with Crippen LogP contribution in [0, 0.1) is 16.7 Å². The van der Waals surface area contributed by atoms with Crippen molar-refractivity contribution in [2.45, 2.75) is 117 Å². The number of halogens is 1. The van der Waals surface area contributed by atoms with Crippen LogP contribution in [0.2, 0.25) is 5.02 Å². The predicted molar refractivity (Wildman–Crippen MR) is 191 cm³/mol. The second-order valence-corrected chi connectivity index (χ2v) is 17.7. The van der Waals surface area contributed by atoms with Gasteiger partial charge < -0.3 is 10.6 Å². The van der Waals surface area contributed by atoms with E-state index in [0.29, 0.717) is 31.1 Å². The van der Waals surface area contributed by atoms with E-state index in [-0.39, 0.29) is 45.3 Å². The summed E-state index contributed by atoms with van der Waals surface area (Å²) < 4.78 is -0.167. The van der Waals surface area contributed by atoms with Gasteiger partial charge in [-0.25, -0.2) is 9.28 Å². The molecular weight excluding hydrogens is 608 g/mol. The van der Waals surface area contributed by atoms with Gasteiger partial charge in [-0.1, -0.05) is 76.6 Å². The quantitative estimate of drug-likeness (QED) is 0.333. The topological polar surface area (TPSA) is 83.7 Å². The lowest BCUT2D eigenvalue weighted by Crippen LogP contribution is -2.65. The summed E-state index contributed by atoms with van der Waals surface area (Å²) in [6, 6.07) is 16.5. The molecule has 3 aliphatic rings. The van der Waals surface area contributed by atoms with Crippen molar-refractivity contribution in [2.24, 2.45) is 22.5 Å². The number of para-hydroxylation sites is 1. The number of nitrogens with zero attached hydrogens (tertiary/aromatic N) is 3. The van der Waals surface area contributed by atoms with Crippen LogP contribution in [0.25, 0.3) is 0 Å². The fourth-order valence-corrected chi connectivity index (χ4v) is 8.61. The largest absolute Gasteiger partial charge is 0.364 e. The number of hydrogen-bond acceptors (Lipinski definition) is 4. The van der Waals surface area contributed by atoms with Gasteiger partial charge in [0.1, 0.15) is 12.2 Å². The zero-order valence-corrected chi connectivity index (χ0v) is 30.5. The lowest BCUT2D eigenvalue weighted by atomic mass is 9.74. The number of primary amides is 1. The summed E-state index contributed by atoms with van der Waals surface area (Å²) in [6.45, 7) is 18.7. The summed E-state index contributed by atoms with van der Waals surface area (Å²) in [6.07, 6.45) is 4.24. The van der Waals surface area contributed by atoms with Crippen LogP contribution in [0.5, 0.6) is 0 Å². The summed E-state index contributed by atoms with van der Waals surface area (Å²) in [5.74, 6) is -0.889. The van der Waals surface area contributed by atoms with Crippen LogP contribution in [0.15, 0.2) is 54.6 Å². The van der Waals surface area contributed by atoms with E-state index < -0.39 is 23.3 Å². The average Bonchev–Trinajstić information content (AvgIpc) is 3.62. The normalized spacial score (nSPS) is 28.7. The van der Waals surface area contributed by atoms with E-state index >= 15 is 4.79 Å². The summed E-state index contributed by atoms with van der Waals surface area (Å²) >= 11 is 6.30. The van der Waals surface area contributed by atoms with Crippen molar-refractivity contribution >= 4 is 35.0 Å². The van der Waals surface area contributed by atoms with E-state index in [1.165, 1.54) is 0 Å². The standard InChI is InChI=1S/C39H55ClN4O3/c1-37(2,3)36(47)43(28-18-20-39(7,8)21-19-28)29-22-33(34(41)45)44(25-29,30-12-10-9-11-13-30)35(46)32-24-42(38(4,5)6)23-31(32)26-14-16-27(40)17-15-26/h9-17,28-29,31-33H,18-25H2,1-8H3,(H-,41,45)/p+1/t29-,31-,32+,33-,44?/m0/s1. The molecule has 2 heterocycles. The molecule has 5 rings (SSSR count). The van der Waals surface area contributed by atoms with Gasteiger partial charge >= 0.3 is 5.91 Å². The van der Waals surface area contributed by atoms with E-state index in [1.54, 1.807) is 0 Å². The third kappa shape index (κ3) is 7.04. The first kappa shape index (κ1) is 35.6. The summed E-state index contributed by atoms with van der Waals surface area (Å²) in [7, 11) is 0. The van der Waals surface area contributed by atoms with Crippen LogP contribution < -0.4 is 10.2 Å². The number of amides is 3. The zero-order valence-electron chi connectivity index (χ0n) is 29.8. The molecule has 3 amide bonds. The lowest BCUT2D eigenvalue weighted by molar-refractivity contribution is -0.146. The molecule has 47 heavy (non-hydrogen) atoms. The number of nitrogens with two attached hydrogens (primary N) is 1. The van der Waals surface area contributed by atoms with Gasteiger partial charge in [-0.05, 0) is 81.7 Å². The van der Waals surface area contributed by atoms with Gasteiger partial charge in [-0.3, -0.25) is 14.5 Å². The Labute approximate surface area is 287 Å². The Morgan fingerprint density at radius 2 is 1.49 bits per heavy atom. The van der Waals surface area contributed by atoms with Gasteiger partial charge in [-0.2, -0.15) is 0 Å². The molecule has 1 saturated carbocycles. The number of likely N-dealkylation sites (tertiary alicyclic amines) is 2. The molecule has 8 heteroatoms. The third-order valence-electron chi connectivity index (χ3n) is 11.3. The Morgan fingerprint density at radius 3 is 2.02 bits per heavy atom. The molecule has 1 unspecified atom stereocenters. The Bertz CT molecular complexity index is 1450. The molecule has 2 saturated heterocycles. The molecule has 2 aromatic rings. The molecule has 7 nitrogen and oxygen atoms in total. The number of carbonyl (C=O) groups is 3. The van der Waals surface area contributed by atoms with Crippen LogP contribution in [0.4, 0.5) is 5.69 Å².